The van der Waals surface area contributed by atoms with Gasteiger partial charge in [-0.1, -0.05) is 72.6 Å². The van der Waals surface area contributed by atoms with Gasteiger partial charge in [0.2, 0.25) is 5.79 Å². The van der Waals surface area contributed by atoms with Gasteiger partial charge in [0.15, 0.2) is 0 Å². The number of carbonyl (C=O) groups excluding carboxylic acids is 1. The molecule has 3 aliphatic rings. The summed E-state index contributed by atoms with van der Waals surface area (Å²) in [6, 6.07) is 23.5. The maximum atomic E-state index is 13.6. The smallest absolute Gasteiger partial charge is 0.410 e. The van der Waals surface area contributed by atoms with Crippen LogP contribution in [0.25, 0.3) is 11.1 Å². The number of aliphatic hydroxyl groups is 2. The Kier molecular flexibility index (Phi) is 13.9. The van der Waals surface area contributed by atoms with Gasteiger partial charge in [-0.05, 0) is 84.6 Å². The highest BCUT2D eigenvalue weighted by Gasteiger charge is 2.65. The Morgan fingerprint density at radius 2 is 1.71 bits per heavy atom. The highest BCUT2D eigenvalue weighted by molar-refractivity contribution is 6.18. The van der Waals surface area contributed by atoms with Crippen LogP contribution >= 0.6 is 11.6 Å². The number of unbranched alkanes of at least 4 members (excludes halogenated alkanes) is 2. The fourth-order valence-corrected chi connectivity index (χ4v) is 8.82. The number of aliphatic hydroxyl groups excluding tert-OH is 2. The number of alkyl halides is 1. The molecule has 55 heavy (non-hydrogen) atoms. The van der Waals surface area contributed by atoms with Gasteiger partial charge in [-0.15, -0.1) is 18.2 Å². The predicted octanol–water partition coefficient (Wildman–Crippen LogP) is 8.72. The van der Waals surface area contributed by atoms with Gasteiger partial charge in [-0.2, -0.15) is 0 Å². The fourth-order valence-electron chi connectivity index (χ4n) is 8.74. The summed E-state index contributed by atoms with van der Waals surface area (Å²) in [6.07, 6.45) is 8.42. The van der Waals surface area contributed by atoms with Crippen LogP contribution in [0.2, 0.25) is 0 Å². The predicted molar refractivity (Wildman–Crippen MR) is 214 cm³/mol. The number of hydrogen-bond acceptors (Lipinski definition) is 9. The lowest BCUT2D eigenvalue weighted by Gasteiger charge is -2.59. The molecule has 6 atom stereocenters. The quantitative estimate of drug-likeness (QED) is 0.0571. The van der Waals surface area contributed by atoms with Crippen LogP contribution in [0, 0.1) is 17.8 Å². The van der Waals surface area contributed by atoms with E-state index in [0.29, 0.717) is 35.8 Å². The lowest BCUT2D eigenvalue weighted by molar-refractivity contribution is -0.253. The second-order valence-corrected chi connectivity index (χ2v) is 14.7. The molecular formula is C44H53ClN2O8. The van der Waals surface area contributed by atoms with Gasteiger partial charge in [0, 0.05) is 38.2 Å². The molecule has 0 aromatic heterocycles. The Morgan fingerprint density at radius 1 is 1.00 bits per heavy atom. The number of amides is 1. The van der Waals surface area contributed by atoms with Crippen molar-refractivity contribution in [2.75, 3.05) is 46.5 Å². The van der Waals surface area contributed by atoms with Crippen molar-refractivity contribution in [2.24, 2.45) is 22.9 Å². The van der Waals surface area contributed by atoms with Crippen molar-refractivity contribution in [3.63, 3.8) is 0 Å². The molecule has 2 aliphatic carbocycles. The zero-order chi connectivity index (χ0) is 38.8. The summed E-state index contributed by atoms with van der Waals surface area (Å²) in [6.45, 7) is 4.40. The minimum absolute atomic E-state index is 0.0537. The Labute approximate surface area is 329 Å². The van der Waals surface area contributed by atoms with Crippen molar-refractivity contribution in [1.82, 2.24) is 4.90 Å². The van der Waals surface area contributed by atoms with Gasteiger partial charge >= 0.3 is 6.09 Å². The Morgan fingerprint density at radius 3 is 2.40 bits per heavy atom. The van der Waals surface area contributed by atoms with Crippen molar-refractivity contribution >= 4 is 23.4 Å². The van der Waals surface area contributed by atoms with E-state index in [2.05, 4.69) is 48.1 Å². The molecule has 1 amide bonds. The van der Waals surface area contributed by atoms with Crippen molar-refractivity contribution in [3.8, 4) is 28.4 Å². The zero-order valence-electron chi connectivity index (χ0n) is 31.8. The second kappa shape index (κ2) is 19.0. The molecule has 1 heterocycles. The molecule has 294 valence electrons. The van der Waals surface area contributed by atoms with E-state index in [9.17, 15) is 15.0 Å². The van der Waals surface area contributed by atoms with E-state index in [1.165, 1.54) is 12.0 Å². The standard InChI is InChI=1S/C44H53ClN2O8/c1-4-25-53-44-40(47(2)43(50)52-26-22-45)29-38(46-51-3)36-27-32(14-8-10-23-48)35(15-9-11-24-49)41(42(36)44)37-28-34(20-21-39(37)55-44)54-33-18-16-31(17-19-33)30-12-6-5-7-13-30/h4-7,12-13,16-21,27-28,32,35,40-42,48-49H,1,8-11,14-15,22-26,29H2,2-3H3. The summed E-state index contributed by atoms with van der Waals surface area (Å²) in [4.78, 5) is 20.6. The minimum Gasteiger partial charge on any atom is -0.459 e. The number of ether oxygens (including phenoxy) is 4. The second-order valence-electron chi connectivity index (χ2n) is 14.4. The van der Waals surface area contributed by atoms with E-state index in [1.54, 1.807) is 13.1 Å². The average molecular weight is 773 g/mol. The van der Waals surface area contributed by atoms with E-state index in [1.807, 2.05) is 42.5 Å². The summed E-state index contributed by atoms with van der Waals surface area (Å²) in [5, 5.41) is 24.2. The molecular weight excluding hydrogens is 720 g/mol. The molecule has 2 N–H and O–H groups in total. The molecule has 1 fully saturated rings. The topological polar surface area (TPSA) is 119 Å². The van der Waals surface area contributed by atoms with Crippen LogP contribution in [-0.4, -0.2) is 85.2 Å². The van der Waals surface area contributed by atoms with E-state index >= 15 is 0 Å². The van der Waals surface area contributed by atoms with Gasteiger partial charge in [0.05, 0.1) is 24.1 Å². The van der Waals surface area contributed by atoms with E-state index in [-0.39, 0.29) is 56.5 Å². The Hall–Kier alpha value is -4.35. The average Bonchev–Trinajstić information content (AvgIpc) is 3.21. The number of oxime groups is 1. The summed E-state index contributed by atoms with van der Waals surface area (Å²) in [5.74, 6) is 0.409. The molecule has 0 radical (unpaired) electrons. The van der Waals surface area contributed by atoms with Crippen LogP contribution in [0.4, 0.5) is 4.79 Å². The van der Waals surface area contributed by atoms with E-state index in [4.69, 9.17) is 35.4 Å². The summed E-state index contributed by atoms with van der Waals surface area (Å²) in [5.41, 5.74) is 4.85. The first-order valence-corrected chi connectivity index (χ1v) is 19.8. The third kappa shape index (κ3) is 8.73. The molecule has 0 bridgehead atoms. The summed E-state index contributed by atoms with van der Waals surface area (Å²) >= 11 is 5.91. The number of allylic oxidation sites excluding steroid dienone is 1. The van der Waals surface area contributed by atoms with Gasteiger partial charge in [0.1, 0.15) is 37.0 Å². The first-order chi connectivity index (χ1) is 26.9. The number of rotatable bonds is 18. The van der Waals surface area contributed by atoms with Gasteiger partial charge in [-0.3, -0.25) is 0 Å². The summed E-state index contributed by atoms with van der Waals surface area (Å²) in [7, 11) is 3.21. The number of hydrogen-bond donors (Lipinski definition) is 2. The van der Waals surface area contributed by atoms with Crippen LogP contribution in [0.1, 0.15) is 56.4 Å². The maximum absolute atomic E-state index is 13.6. The molecule has 3 aromatic rings. The van der Waals surface area contributed by atoms with Crippen molar-refractivity contribution in [3.05, 3.63) is 103 Å². The summed E-state index contributed by atoms with van der Waals surface area (Å²) < 4.78 is 26.1. The Balaban J connectivity index is 1.49. The van der Waals surface area contributed by atoms with Gasteiger partial charge in [-0.25, -0.2) is 4.79 Å². The number of likely N-dealkylation sites (N-methyl/N-ethyl adjacent to an activating group) is 1. The third-order valence-corrected chi connectivity index (χ3v) is 11.3. The van der Waals surface area contributed by atoms with Crippen LogP contribution in [-0.2, 0) is 14.3 Å². The molecule has 0 spiro atoms. The molecule has 6 rings (SSSR count). The zero-order valence-corrected chi connectivity index (χ0v) is 32.5. The van der Waals surface area contributed by atoms with Crippen LogP contribution in [0.3, 0.4) is 0 Å². The number of benzene rings is 3. The molecule has 6 unspecified atom stereocenters. The van der Waals surface area contributed by atoms with Crippen molar-refractivity contribution < 1.29 is 38.8 Å². The first kappa shape index (κ1) is 40.3. The highest BCUT2D eigenvalue weighted by atomic mass is 35.5. The first-order valence-electron chi connectivity index (χ1n) is 19.3. The normalized spacial score (nSPS) is 24.5. The maximum Gasteiger partial charge on any atom is 0.410 e. The highest BCUT2D eigenvalue weighted by Crippen LogP contribution is 2.62. The molecule has 1 saturated carbocycles. The number of carbonyl (C=O) groups is 1. The van der Waals surface area contributed by atoms with Crippen molar-refractivity contribution in [1.29, 1.82) is 0 Å². The lowest BCUT2D eigenvalue weighted by Crippen LogP contribution is -2.69. The SMILES string of the molecule is C=CCOC12Oc3ccc(Oc4ccc(-c5ccccc5)cc4)cc3C3C(CCCCO)C(CCCCO)C=C(C(=NOC)CC1N(C)C(=O)OCCCl)C32. The molecule has 1 aliphatic heterocycles. The van der Waals surface area contributed by atoms with E-state index in [0.717, 1.165) is 47.9 Å². The van der Waals surface area contributed by atoms with E-state index < -0.39 is 23.8 Å². The third-order valence-electron chi connectivity index (χ3n) is 11.1. The van der Waals surface area contributed by atoms with Crippen molar-refractivity contribution in [2.45, 2.75) is 62.7 Å². The fraction of sp³-hybridized carbons (Fsp3) is 0.455. The molecule has 3 aromatic carbocycles. The molecule has 10 nitrogen and oxygen atoms in total. The number of fused-ring (bicyclic) bond motifs is 2. The number of halogens is 1. The lowest BCUT2D eigenvalue weighted by atomic mass is 9.55. The van der Waals surface area contributed by atoms with Gasteiger partial charge < -0.3 is 38.9 Å². The largest absolute Gasteiger partial charge is 0.459 e. The van der Waals surface area contributed by atoms with Crippen LogP contribution in [0.5, 0.6) is 17.2 Å². The Bertz CT molecular complexity index is 1800. The minimum atomic E-state index is -1.36. The molecule has 11 heteroatoms. The monoisotopic (exact) mass is 772 g/mol. The van der Waals surface area contributed by atoms with Gasteiger partial charge in [0.25, 0.3) is 0 Å². The number of nitrogens with zero attached hydrogens (tertiary/aromatic N) is 2. The van der Waals surface area contributed by atoms with Crippen LogP contribution < -0.4 is 9.47 Å². The van der Waals surface area contributed by atoms with Crippen LogP contribution in [0.15, 0.2) is 102 Å². The molecule has 0 saturated heterocycles.